The summed E-state index contributed by atoms with van der Waals surface area (Å²) < 4.78 is 5.42. The zero-order chi connectivity index (χ0) is 23.1. The van der Waals surface area contributed by atoms with Crippen LogP contribution < -0.4 is 11.1 Å². The number of rotatable bonds is 7. The molecule has 0 unspecified atom stereocenters. The van der Waals surface area contributed by atoms with E-state index in [0.29, 0.717) is 19.4 Å². The van der Waals surface area contributed by atoms with Crippen LogP contribution in [-0.2, 0) is 20.9 Å². The van der Waals surface area contributed by atoms with Gasteiger partial charge in [-0.15, -0.1) is 0 Å². The normalized spacial score (nSPS) is 16.1. The lowest BCUT2D eigenvalue weighted by Gasteiger charge is -2.24. The van der Waals surface area contributed by atoms with Gasteiger partial charge < -0.3 is 15.8 Å². The summed E-state index contributed by atoms with van der Waals surface area (Å²) in [6, 6.07) is 16.0. The molecule has 1 heterocycles. The topological polar surface area (TPSA) is 126 Å². The van der Waals surface area contributed by atoms with Gasteiger partial charge in [0.05, 0.1) is 12.5 Å². The molecular weight excluding hydrogens is 408 g/mol. The number of nitrogens with two attached hydrogens (primary N) is 1. The first-order chi connectivity index (χ1) is 15.4. The lowest BCUT2D eigenvalue weighted by molar-refractivity contribution is -0.125. The van der Waals surface area contributed by atoms with Crippen LogP contribution in [0.5, 0.6) is 0 Å². The van der Waals surface area contributed by atoms with E-state index in [1.807, 2.05) is 37.3 Å². The third-order valence-corrected chi connectivity index (χ3v) is 5.37. The molecule has 1 aliphatic rings. The average molecular weight is 434 g/mol. The zero-order valence-electron chi connectivity index (χ0n) is 17.9. The van der Waals surface area contributed by atoms with Gasteiger partial charge in [-0.25, -0.2) is 4.79 Å². The molecule has 2 aromatic rings. The maximum absolute atomic E-state index is 12.6. The highest BCUT2D eigenvalue weighted by Crippen LogP contribution is 2.22. The fourth-order valence-corrected chi connectivity index (χ4v) is 3.62. The van der Waals surface area contributed by atoms with Crippen LogP contribution in [0.2, 0.25) is 0 Å². The number of nitrogens with one attached hydrogen (secondary N) is 1. The Hall–Kier alpha value is -3.86. The van der Waals surface area contributed by atoms with E-state index in [4.69, 9.17) is 15.7 Å². The summed E-state index contributed by atoms with van der Waals surface area (Å²) in [5, 5.41) is 11.6. The van der Waals surface area contributed by atoms with E-state index in [1.54, 1.807) is 0 Å². The van der Waals surface area contributed by atoms with Crippen molar-refractivity contribution >= 4 is 17.9 Å². The van der Waals surface area contributed by atoms with Crippen molar-refractivity contribution in [3.05, 3.63) is 59.7 Å². The summed E-state index contributed by atoms with van der Waals surface area (Å²) in [5.41, 5.74) is 9.30. The van der Waals surface area contributed by atoms with Gasteiger partial charge in [0.1, 0.15) is 18.7 Å². The predicted molar refractivity (Wildman–Crippen MR) is 118 cm³/mol. The average Bonchev–Trinajstić information content (AvgIpc) is 3.28. The molecule has 8 nitrogen and oxygen atoms in total. The summed E-state index contributed by atoms with van der Waals surface area (Å²) in [5.74, 6) is -1.18. The number of likely N-dealkylation sites (tertiary alicyclic amines) is 1. The number of nitriles is 1. The third kappa shape index (κ3) is 5.85. The lowest BCUT2D eigenvalue weighted by Crippen LogP contribution is -2.49. The maximum atomic E-state index is 12.6. The van der Waals surface area contributed by atoms with Crippen molar-refractivity contribution in [2.75, 3.05) is 6.54 Å². The Balaban J connectivity index is 1.55. The van der Waals surface area contributed by atoms with Crippen molar-refractivity contribution in [1.82, 2.24) is 10.2 Å². The molecule has 3 rings (SSSR count). The highest BCUT2D eigenvalue weighted by Gasteiger charge is 2.36. The smallest absolute Gasteiger partial charge is 0.410 e. The minimum absolute atomic E-state index is 0.0837. The van der Waals surface area contributed by atoms with Gasteiger partial charge in [0, 0.05) is 6.54 Å². The molecule has 2 atom stereocenters. The molecule has 0 bridgehead atoms. The first kappa shape index (κ1) is 22.8. The molecule has 166 valence electrons. The van der Waals surface area contributed by atoms with Crippen LogP contribution >= 0.6 is 0 Å². The lowest BCUT2D eigenvalue weighted by atomic mass is 10.0. The van der Waals surface area contributed by atoms with Crippen molar-refractivity contribution in [2.45, 2.75) is 44.9 Å². The first-order valence-electron chi connectivity index (χ1n) is 10.4. The highest BCUT2D eigenvalue weighted by atomic mass is 16.6. The number of ether oxygens (including phenoxy) is 1. The zero-order valence-corrected chi connectivity index (χ0v) is 17.9. The number of aryl methyl sites for hydroxylation is 1. The molecule has 0 radical (unpaired) electrons. The van der Waals surface area contributed by atoms with Gasteiger partial charge >= 0.3 is 6.09 Å². The second-order valence-electron chi connectivity index (χ2n) is 7.83. The van der Waals surface area contributed by atoms with Crippen molar-refractivity contribution in [3.63, 3.8) is 0 Å². The van der Waals surface area contributed by atoms with Gasteiger partial charge in [-0.05, 0) is 36.5 Å². The number of benzene rings is 2. The van der Waals surface area contributed by atoms with Crippen LogP contribution in [0.3, 0.4) is 0 Å². The Labute approximate surface area is 187 Å². The molecule has 8 heteroatoms. The number of carbonyl (C=O) groups excluding carboxylic acids is 3. The Morgan fingerprint density at radius 1 is 1.16 bits per heavy atom. The van der Waals surface area contributed by atoms with Crippen molar-refractivity contribution < 1.29 is 19.1 Å². The van der Waals surface area contributed by atoms with Gasteiger partial charge in [-0.1, -0.05) is 54.1 Å². The van der Waals surface area contributed by atoms with Crippen molar-refractivity contribution in [3.8, 4) is 17.2 Å². The largest absolute Gasteiger partial charge is 0.445 e. The Morgan fingerprint density at radius 3 is 2.38 bits per heavy atom. The van der Waals surface area contributed by atoms with Crippen molar-refractivity contribution in [2.24, 2.45) is 5.73 Å². The standard InChI is InChI=1S/C24H26N4O4/c1-16-4-8-18(9-5-16)19-10-6-17(7-11-19)15-32-24(31)28-12-2-3-21(28)23(30)27-20(14-25)13-22(26)29/h4-11,20-21H,2-3,12-13,15H2,1H3,(H2,26,29)(H,27,30)/t20-,21-/m0/s1. The van der Waals surface area contributed by atoms with E-state index >= 15 is 0 Å². The van der Waals surface area contributed by atoms with E-state index in [9.17, 15) is 14.4 Å². The fourth-order valence-electron chi connectivity index (χ4n) is 3.62. The summed E-state index contributed by atoms with van der Waals surface area (Å²) in [6.45, 7) is 2.51. The molecule has 3 N–H and O–H groups in total. The minimum atomic E-state index is -1.02. The van der Waals surface area contributed by atoms with Crippen LogP contribution in [-0.4, -0.2) is 41.4 Å². The molecule has 1 fully saturated rings. The van der Waals surface area contributed by atoms with Crippen LogP contribution in [0.15, 0.2) is 48.5 Å². The van der Waals surface area contributed by atoms with Crippen molar-refractivity contribution in [1.29, 1.82) is 5.26 Å². The summed E-state index contributed by atoms with van der Waals surface area (Å²) in [4.78, 5) is 37.5. The Kier molecular flexibility index (Phi) is 7.45. The van der Waals surface area contributed by atoms with Gasteiger partial charge in [-0.2, -0.15) is 5.26 Å². The van der Waals surface area contributed by atoms with Crippen LogP contribution in [0, 0.1) is 18.3 Å². The fraction of sp³-hybridized carbons (Fsp3) is 0.333. The minimum Gasteiger partial charge on any atom is -0.445 e. The molecular formula is C24H26N4O4. The number of primary amides is 1. The van der Waals surface area contributed by atoms with Crippen LogP contribution in [0.1, 0.15) is 30.4 Å². The third-order valence-electron chi connectivity index (χ3n) is 5.37. The predicted octanol–water partition coefficient (Wildman–Crippen LogP) is 2.65. The molecule has 2 aromatic carbocycles. The second kappa shape index (κ2) is 10.4. The molecule has 0 aromatic heterocycles. The van der Waals surface area contributed by atoms with Crippen LogP contribution in [0.4, 0.5) is 4.79 Å². The summed E-state index contributed by atoms with van der Waals surface area (Å²) in [6.07, 6.45) is 0.235. The van der Waals surface area contributed by atoms with E-state index in [2.05, 4.69) is 29.6 Å². The SMILES string of the molecule is Cc1ccc(-c2ccc(COC(=O)N3CCC[C@H]3C(=O)N[C@H](C#N)CC(N)=O)cc2)cc1. The number of carbonyl (C=O) groups is 3. The van der Waals surface area contributed by atoms with Gasteiger partial charge in [0.15, 0.2) is 0 Å². The highest BCUT2D eigenvalue weighted by molar-refractivity contribution is 5.87. The van der Waals surface area contributed by atoms with Gasteiger partial charge in [-0.3, -0.25) is 14.5 Å². The van der Waals surface area contributed by atoms with E-state index < -0.39 is 30.0 Å². The molecule has 1 saturated heterocycles. The van der Waals surface area contributed by atoms with E-state index in [1.165, 1.54) is 10.5 Å². The van der Waals surface area contributed by atoms with Gasteiger partial charge in [0.25, 0.3) is 0 Å². The first-order valence-corrected chi connectivity index (χ1v) is 10.4. The molecule has 1 aliphatic heterocycles. The number of amides is 3. The maximum Gasteiger partial charge on any atom is 0.410 e. The number of hydrogen-bond donors (Lipinski definition) is 2. The molecule has 0 saturated carbocycles. The van der Waals surface area contributed by atoms with E-state index in [0.717, 1.165) is 16.7 Å². The summed E-state index contributed by atoms with van der Waals surface area (Å²) in [7, 11) is 0. The second-order valence-corrected chi connectivity index (χ2v) is 7.83. The van der Waals surface area contributed by atoms with Gasteiger partial charge in [0.2, 0.25) is 11.8 Å². The monoisotopic (exact) mass is 434 g/mol. The number of nitrogens with zero attached hydrogens (tertiary/aromatic N) is 2. The quantitative estimate of drug-likeness (QED) is 0.693. The molecule has 0 aliphatic carbocycles. The Morgan fingerprint density at radius 2 is 1.78 bits per heavy atom. The summed E-state index contributed by atoms with van der Waals surface area (Å²) >= 11 is 0. The molecule has 0 spiro atoms. The molecule has 3 amide bonds. The Bertz CT molecular complexity index is 1010. The van der Waals surface area contributed by atoms with E-state index in [-0.39, 0.29) is 13.0 Å². The molecule has 32 heavy (non-hydrogen) atoms. The van der Waals surface area contributed by atoms with Crippen LogP contribution in [0.25, 0.3) is 11.1 Å². The number of hydrogen-bond acceptors (Lipinski definition) is 5.